The van der Waals surface area contributed by atoms with Gasteiger partial charge in [-0.3, -0.25) is 0 Å². The maximum Gasteiger partial charge on any atom is 0.127 e. The third-order valence-corrected chi connectivity index (χ3v) is 4.32. The van der Waals surface area contributed by atoms with Crippen LogP contribution in [-0.2, 0) is 0 Å². The summed E-state index contributed by atoms with van der Waals surface area (Å²) in [6.45, 7) is 0. The molecule has 0 saturated heterocycles. The Balaban J connectivity index is 2.25. The van der Waals surface area contributed by atoms with Gasteiger partial charge >= 0.3 is 0 Å². The van der Waals surface area contributed by atoms with Crippen molar-refractivity contribution in [1.29, 1.82) is 0 Å². The van der Waals surface area contributed by atoms with E-state index in [2.05, 4.69) is 0 Å². The van der Waals surface area contributed by atoms with Crippen LogP contribution in [0.5, 0.6) is 23.0 Å². The zero-order chi connectivity index (χ0) is 18.5. The van der Waals surface area contributed by atoms with Gasteiger partial charge < -0.3 is 18.9 Å². The second-order valence-corrected chi connectivity index (χ2v) is 5.65. The van der Waals surface area contributed by atoms with Crippen LogP contribution in [0.2, 0.25) is 0 Å². The van der Waals surface area contributed by atoms with Crippen molar-refractivity contribution in [3.8, 4) is 45.3 Å². The molecule has 0 amide bonds. The molecule has 3 aromatic rings. The van der Waals surface area contributed by atoms with E-state index in [0.717, 1.165) is 45.3 Å². The predicted octanol–water partition coefficient (Wildman–Crippen LogP) is 5.06. The highest BCUT2D eigenvalue weighted by molar-refractivity contribution is 5.85. The molecule has 4 heteroatoms. The van der Waals surface area contributed by atoms with Crippen molar-refractivity contribution in [2.45, 2.75) is 0 Å². The quantitative estimate of drug-likeness (QED) is 0.623. The first-order valence-electron chi connectivity index (χ1n) is 8.26. The third kappa shape index (κ3) is 3.18. The number of ether oxygens (including phenoxy) is 4. The molecule has 0 aromatic heterocycles. The van der Waals surface area contributed by atoms with Crippen LogP contribution >= 0.6 is 0 Å². The summed E-state index contributed by atoms with van der Waals surface area (Å²) in [4.78, 5) is 0. The van der Waals surface area contributed by atoms with Gasteiger partial charge in [-0.15, -0.1) is 0 Å². The molecule has 0 N–H and O–H groups in total. The average Bonchev–Trinajstić information content (AvgIpc) is 2.72. The monoisotopic (exact) mass is 350 g/mol. The Bertz CT molecular complexity index is 827. The maximum atomic E-state index is 5.68. The molecule has 4 nitrogen and oxygen atoms in total. The lowest BCUT2D eigenvalue weighted by atomic mass is 9.97. The lowest BCUT2D eigenvalue weighted by Crippen LogP contribution is -1.96. The summed E-state index contributed by atoms with van der Waals surface area (Å²) in [6, 6.07) is 19.6. The summed E-state index contributed by atoms with van der Waals surface area (Å²) >= 11 is 0. The Morgan fingerprint density at radius 1 is 0.423 bits per heavy atom. The van der Waals surface area contributed by atoms with E-state index >= 15 is 0 Å². The second kappa shape index (κ2) is 7.83. The number of hydrogen-bond donors (Lipinski definition) is 0. The molecular weight excluding hydrogens is 328 g/mol. The molecule has 0 atom stereocenters. The summed E-state index contributed by atoms with van der Waals surface area (Å²) < 4.78 is 22.4. The molecule has 0 radical (unpaired) electrons. The molecule has 134 valence electrons. The second-order valence-electron chi connectivity index (χ2n) is 5.65. The Labute approximate surface area is 153 Å². The van der Waals surface area contributed by atoms with E-state index in [9.17, 15) is 0 Å². The molecule has 0 aliphatic carbocycles. The van der Waals surface area contributed by atoms with Gasteiger partial charge in [0.1, 0.15) is 23.0 Å². The Morgan fingerprint density at radius 2 is 0.769 bits per heavy atom. The minimum Gasteiger partial charge on any atom is -0.496 e. The van der Waals surface area contributed by atoms with Crippen LogP contribution in [0.3, 0.4) is 0 Å². The van der Waals surface area contributed by atoms with Crippen LogP contribution in [0.15, 0.2) is 60.7 Å². The van der Waals surface area contributed by atoms with Crippen molar-refractivity contribution in [1.82, 2.24) is 0 Å². The van der Waals surface area contributed by atoms with E-state index in [4.69, 9.17) is 18.9 Å². The van der Waals surface area contributed by atoms with Crippen molar-refractivity contribution in [2.24, 2.45) is 0 Å². The van der Waals surface area contributed by atoms with E-state index in [1.165, 1.54) is 0 Å². The van der Waals surface area contributed by atoms with Gasteiger partial charge in [-0.1, -0.05) is 36.4 Å². The SMILES string of the molecule is COc1ccccc1-c1cc(OC)c(-c2ccccc2OC)cc1OC. The minimum atomic E-state index is 0.733. The predicted molar refractivity (Wildman–Crippen MR) is 104 cm³/mol. The number of hydrogen-bond acceptors (Lipinski definition) is 4. The first-order valence-corrected chi connectivity index (χ1v) is 8.26. The van der Waals surface area contributed by atoms with Crippen LogP contribution in [0, 0.1) is 0 Å². The number of para-hydroxylation sites is 2. The van der Waals surface area contributed by atoms with E-state index < -0.39 is 0 Å². The standard InChI is InChI=1S/C22H22O4/c1-23-19-11-7-5-9-15(19)17-13-22(26-4)18(14-21(17)25-3)16-10-6-8-12-20(16)24-2/h5-14H,1-4H3. The number of rotatable bonds is 6. The van der Waals surface area contributed by atoms with Crippen molar-refractivity contribution >= 4 is 0 Å². The highest BCUT2D eigenvalue weighted by Crippen LogP contribution is 2.45. The van der Waals surface area contributed by atoms with Gasteiger partial charge in [-0.05, 0) is 24.3 Å². The smallest absolute Gasteiger partial charge is 0.127 e. The Kier molecular flexibility index (Phi) is 5.32. The van der Waals surface area contributed by atoms with Gasteiger partial charge in [0.15, 0.2) is 0 Å². The van der Waals surface area contributed by atoms with E-state index in [1.807, 2.05) is 60.7 Å². The highest BCUT2D eigenvalue weighted by atomic mass is 16.5. The minimum absolute atomic E-state index is 0.733. The Morgan fingerprint density at radius 3 is 1.12 bits per heavy atom. The topological polar surface area (TPSA) is 36.9 Å². The average molecular weight is 350 g/mol. The number of benzene rings is 3. The van der Waals surface area contributed by atoms with Gasteiger partial charge in [0.2, 0.25) is 0 Å². The maximum absolute atomic E-state index is 5.68. The molecule has 0 fully saturated rings. The van der Waals surface area contributed by atoms with Crippen molar-refractivity contribution in [3.05, 3.63) is 60.7 Å². The van der Waals surface area contributed by atoms with Crippen LogP contribution in [0.25, 0.3) is 22.3 Å². The van der Waals surface area contributed by atoms with Crippen LogP contribution in [0.1, 0.15) is 0 Å². The summed E-state index contributed by atoms with van der Waals surface area (Å²) in [5.41, 5.74) is 3.69. The molecule has 0 unspecified atom stereocenters. The fourth-order valence-electron chi connectivity index (χ4n) is 3.05. The van der Waals surface area contributed by atoms with Crippen LogP contribution < -0.4 is 18.9 Å². The molecular formula is C22H22O4. The van der Waals surface area contributed by atoms with Crippen LogP contribution in [0.4, 0.5) is 0 Å². The lowest BCUT2D eigenvalue weighted by Gasteiger charge is -2.18. The molecule has 0 bridgehead atoms. The summed E-state index contributed by atoms with van der Waals surface area (Å²) in [6.07, 6.45) is 0. The molecule has 0 heterocycles. The van der Waals surface area contributed by atoms with Gasteiger partial charge in [0, 0.05) is 22.3 Å². The fraction of sp³-hybridized carbons (Fsp3) is 0.182. The normalized spacial score (nSPS) is 10.3. The molecule has 3 aromatic carbocycles. The van der Waals surface area contributed by atoms with Gasteiger partial charge in [0.25, 0.3) is 0 Å². The molecule has 26 heavy (non-hydrogen) atoms. The van der Waals surface area contributed by atoms with Gasteiger partial charge in [0.05, 0.1) is 28.4 Å². The highest BCUT2D eigenvalue weighted by Gasteiger charge is 2.18. The molecule has 3 rings (SSSR count). The van der Waals surface area contributed by atoms with Crippen LogP contribution in [-0.4, -0.2) is 28.4 Å². The molecule has 0 aliphatic heterocycles. The molecule has 0 spiro atoms. The fourth-order valence-corrected chi connectivity index (χ4v) is 3.05. The van der Waals surface area contributed by atoms with E-state index in [0.29, 0.717) is 0 Å². The zero-order valence-corrected chi connectivity index (χ0v) is 15.4. The largest absolute Gasteiger partial charge is 0.496 e. The lowest BCUT2D eigenvalue weighted by molar-refractivity contribution is 0.402. The Hall–Kier alpha value is -3.14. The van der Waals surface area contributed by atoms with Crippen molar-refractivity contribution < 1.29 is 18.9 Å². The number of methoxy groups -OCH3 is 4. The summed E-state index contributed by atoms with van der Waals surface area (Å²) in [5, 5.41) is 0. The van der Waals surface area contributed by atoms with E-state index in [1.54, 1.807) is 28.4 Å². The third-order valence-electron chi connectivity index (χ3n) is 4.32. The van der Waals surface area contributed by atoms with Gasteiger partial charge in [-0.2, -0.15) is 0 Å². The first kappa shape index (κ1) is 17.7. The first-order chi connectivity index (χ1) is 12.7. The van der Waals surface area contributed by atoms with E-state index in [-0.39, 0.29) is 0 Å². The van der Waals surface area contributed by atoms with Crippen molar-refractivity contribution in [3.63, 3.8) is 0 Å². The molecule has 0 aliphatic rings. The summed E-state index contributed by atoms with van der Waals surface area (Å²) in [5.74, 6) is 3.02. The van der Waals surface area contributed by atoms with Gasteiger partial charge in [-0.25, -0.2) is 0 Å². The summed E-state index contributed by atoms with van der Waals surface area (Å²) in [7, 11) is 6.64. The zero-order valence-electron chi connectivity index (χ0n) is 15.4. The van der Waals surface area contributed by atoms with Crippen molar-refractivity contribution in [2.75, 3.05) is 28.4 Å². The molecule has 0 saturated carbocycles.